The second-order valence-corrected chi connectivity index (χ2v) is 6.36. The number of carbonyl (C=O) groups excluding carboxylic acids is 1. The fraction of sp³-hybridized carbons (Fsp3) is 0.938. The van der Waals surface area contributed by atoms with Gasteiger partial charge in [-0.1, -0.05) is 0 Å². The lowest BCUT2D eigenvalue weighted by Gasteiger charge is -2.38. The molecule has 0 aliphatic heterocycles. The molecule has 0 spiro atoms. The van der Waals surface area contributed by atoms with E-state index in [1.165, 1.54) is 0 Å². The molecule has 0 radical (unpaired) electrons. The fourth-order valence-electron chi connectivity index (χ4n) is 2.72. The lowest BCUT2D eigenvalue weighted by atomic mass is 9.80. The van der Waals surface area contributed by atoms with Crippen LogP contribution in [0.15, 0.2) is 0 Å². The SMILES string of the molecule is CCOC(=O)C1(NC)CCCC(OCCC(C)(C)OC)C1. The van der Waals surface area contributed by atoms with E-state index in [2.05, 4.69) is 5.32 Å². The maximum atomic E-state index is 12.2. The van der Waals surface area contributed by atoms with Crippen LogP contribution in [0, 0.1) is 0 Å². The molecule has 0 amide bonds. The van der Waals surface area contributed by atoms with Gasteiger partial charge in [0.15, 0.2) is 0 Å². The first kappa shape index (κ1) is 18.4. The van der Waals surface area contributed by atoms with Gasteiger partial charge in [0.25, 0.3) is 0 Å². The van der Waals surface area contributed by atoms with E-state index in [-0.39, 0.29) is 17.7 Å². The number of carbonyl (C=O) groups is 1. The van der Waals surface area contributed by atoms with Crippen molar-refractivity contribution in [2.75, 3.05) is 27.4 Å². The zero-order chi connectivity index (χ0) is 15.9. The number of hydrogen-bond donors (Lipinski definition) is 1. The summed E-state index contributed by atoms with van der Waals surface area (Å²) in [5.74, 6) is -0.155. The number of methoxy groups -OCH3 is 1. The van der Waals surface area contributed by atoms with Gasteiger partial charge in [-0.3, -0.25) is 4.79 Å². The van der Waals surface area contributed by atoms with E-state index in [1.807, 2.05) is 27.8 Å². The lowest BCUT2D eigenvalue weighted by Crippen LogP contribution is -2.55. The molecular formula is C16H31NO4. The van der Waals surface area contributed by atoms with Crippen LogP contribution in [-0.2, 0) is 19.0 Å². The van der Waals surface area contributed by atoms with Crippen molar-refractivity contribution in [2.45, 2.75) is 70.1 Å². The van der Waals surface area contributed by atoms with Crippen LogP contribution in [0.4, 0.5) is 0 Å². The quantitative estimate of drug-likeness (QED) is 0.697. The normalized spacial score (nSPS) is 26.6. The van der Waals surface area contributed by atoms with Gasteiger partial charge < -0.3 is 19.5 Å². The van der Waals surface area contributed by atoms with Crippen LogP contribution < -0.4 is 5.32 Å². The number of rotatable bonds is 8. The van der Waals surface area contributed by atoms with E-state index >= 15 is 0 Å². The first-order chi connectivity index (χ1) is 9.89. The summed E-state index contributed by atoms with van der Waals surface area (Å²) >= 11 is 0. The smallest absolute Gasteiger partial charge is 0.326 e. The van der Waals surface area contributed by atoms with E-state index in [9.17, 15) is 4.79 Å². The third-order valence-electron chi connectivity index (χ3n) is 4.46. The number of ether oxygens (including phenoxy) is 3. The van der Waals surface area contributed by atoms with E-state index in [0.717, 1.165) is 25.7 Å². The standard InChI is InChI=1S/C16H31NO4/c1-6-20-14(18)16(17-4)9-7-8-13(12-16)21-11-10-15(2,3)19-5/h13,17H,6-12H2,1-5H3. The predicted octanol–water partition coefficient (Wildman–Crippen LogP) is 2.28. The first-order valence-corrected chi connectivity index (χ1v) is 7.92. The molecule has 5 nitrogen and oxygen atoms in total. The Bertz CT molecular complexity index is 332. The van der Waals surface area contributed by atoms with E-state index in [0.29, 0.717) is 19.6 Å². The zero-order valence-corrected chi connectivity index (χ0v) is 14.2. The van der Waals surface area contributed by atoms with Crippen LogP contribution in [0.1, 0.15) is 52.9 Å². The molecule has 1 aliphatic rings. The average molecular weight is 301 g/mol. The highest BCUT2D eigenvalue weighted by Gasteiger charge is 2.43. The van der Waals surface area contributed by atoms with Crippen LogP contribution in [0.3, 0.4) is 0 Å². The Hall–Kier alpha value is -0.650. The summed E-state index contributed by atoms with van der Waals surface area (Å²) in [6.07, 6.45) is 4.39. The largest absolute Gasteiger partial charge is 0.465 e. The van der Waals surface area contributed by atoms with Gasteiger partial charge in [-0.2, -0.15) is 0 Å². The highest BCUT2D eigenvalue weighted by Crippen LogP contribution is 2.31. The minimum absolute atomic E-state index is 0.100. The molecule has 1 rings (SSSR count). The highest BCUT2D eigenvalue weighted by molar-refractivity contribution is 5.81. The Morgan fingerprint density at radius 2 is 2.14 bits per heavy atom. The van der Waals surface area contributed by atoms with Gasteiger partial charge in [0.2, 0.25) is 0 Å². The summed E-state index contributed by atoms with van der Waals surface area (Å²) in [6.45, 7) is 7.00. The van der Waals surface area contributed by atoms with Gasteiger partial charge >= 0.3 is 5.97 Å². The molecule has 0 bridgehead atoms. The average Bonchev–Trinajstić information content (AvgIpc) is 2.47. The third-order valence-corrected chi connectivity index (χ3v) is 4.46. The molecule has 124 valence electrons. The maximum absolute atomic E-state index is 12.2. The van der Waals surface area contributed by atoms with Crippen molar-refractivity contribution in [1.82, 2.24) is 5.32 Å². The molecule has 1 aliphatic carbocycles. The molecule has 1 saturated carbocycles. The van der Waals surface area contributed by atoms with Gasteiger partial charge in [-0.25, -0.2) is 0 Å². The molecule has 21 heavy (non-hydrogen) atoms. The Kier molecular flexibility index (Phi) is 7.10. The molecule has 1 fully saturated rings. The van der Waals surface area contributed by atoms with Crippen molar-refractivity contribution >= 4 is 5.97 Å². The molecule has 1 N–H and O–H groups in total. The topological polar surface area (TPSA) is 56.8 Å². The minimum Gasteiger partial charge on any atom is -0.465 e. The van der Waals surface area contributed by atoms with Crippen LogP contribution >= 0.6 is 0 Å². The summed E-state index contributed by atoms with van der Waals surface area (Å²) < 4.78 is 16.6. The second kappa shape index (κ2) is 8.11. The molecule has 0 aromatic carbocycles. The van der Waals surface area contributed by atoms with Gasteiger partial charge in [-0.15, -0.1) is 0 Å². The summed E-state index contributed by atoms with van der Waals surface area (Å²) in [5.41, 5.74) is -0.758. The Morgan fingerprint density at radius 1 is 1.43 bits per heavy atom. The number of hydrogen-bond acceptors (Lipinski definition) is 5. The number of esters is 1. The van der Waals surface area contributed by atoms with Crippen LogP contribution in [0.5, 0.6) is 0 Å². The monoisotopic (exact) mass is 301 g/mol. The first-order valence-electron chi connectivity index (χ1n) is 7.92. The zero-order valence-electron chi connectivity index (χ0n) is 14.2. The van der Waals surface area contributed by atoms with Crippen molar-refractivity contribution in [1.29, 1.82) is 0 Å². The van der Waals surface area contributed by atoms with Gasteiger partial charge in [-0.05, 0) is 53.5 Å². The van der Waals surface area contributed by atoms with Crippen LogP contribution in [0.2, 0.25) is 0 Å². The number of likely N-dealkylation sites (N-methyl/N-ethyl adjacent to an activating group) is 1. The van der Waals surface area contributed by atoms with Crippen molar-refractivity contribution in [2.24, 2.45) is 0 Å². The van der Waals surface area contributed by atoms with Crippen molar-refractivity contribution in [3.05, 3.63) is 0 Å². The van der Waals surface area contributed by atoms with E-state index in [4.69, 9.17) is 14.2 Å². The summed E-state index contributed by atoms with van der Waals surface area (Å²) in [7, 11) is 3.54. The van der Waals surface area contributed by atoms with Crippen LogP contribution in [0.25, 0.3) is 0 Å². The predicted molar refractivity (Wildman–Crippen MR) is 82.3 cm³/mol. The van der Waals surface area contributed by atoms with Gasteiger partial charge in [0.05, 0.1) is 18.3 Å². The Morgan fingerprint density at radius 3 is 2.71 bits per heavy atom. The van der Waals surface area contributed by atoms with Gasteiger partial charge in [0, 0.05) is 20.1 Å². The molecule has 2 unspecified atom stereocenters. The van der Waals surface area contributed by atoms with Gasteiger partial charge in [0.1, 0.15) is 5.54 Å². The molecular weight excluding hydrogens is 270 g/mol. The van der Waals surface area contributed by atoms with E-state index < -0.39 is 5.54 Å². The van der Waals surface area contributed by atoms with E-state index in [1.54, 1.807) is 7.11 Å². The summed E-state index contributed by atoms with van der Waals surface area (Å²) in [4.78, 5) is 12.2. The molecule has 0 aromatic heterocycles. The lowest BCUT2D eigenvalue weighted by molar-refractivity contribution is -0.155. The van der Waals surface area contributed by atoms with Crippen molar-refractivity contribution in [3.63, 3.8) is 0 Å². The second-order valence-electron chi connectivity index (χ2n) is 6.36. The molecule has 2 atom stereocenters. The van der Waals surface area contributed by atoms with Crippen LogP contribution in [-0.4, -0.2) is 50.6 Å². The highest BCUT2D eigenvalue weighted by atomic mass is 16.5. The Balaban J connectivity index is 2.52. The molecule has 0 heterocycles. The third kappa shape index (κ3) is 5.24. The summed E-state index contributed by atoms with van der Waals surface area (Å²) in [6, 6.07) is 0. The molecule has 5 heteroatoms. The molecule has 0 aromatic rings. The molecule has 0 saturated heterocycles. The summed E-state index contributed by atoms with van der Waals surface area (Å²) in [5, 5.41) is 3.17. The maximum Gasteiger partial charge on any atom is 0.326 e. The van der Waals surface area contributed by atoms with Crippen molar-refractivity contribution in [3.8, 4) is 0 Å². The number of nitrogens with one attached hydrogen (secondary N) is 1. The minimum atomic E-state index is -0.588. The van der Waals surface area contributed by atoms with Crippen molar-refractivity contribution < 1.29 is 19.0 Å². The fourth-order valence-corrected chi connectivity index (χ4v) is 2.72. The Labute approximate surface area is 128 Å².